The van der Waals surface area contributed by atoms with Crippen molar-refractivity contribution in [2.75, 3.05) is 6.61 Å². The molecular formula is C21H23F3N2OS. The lowest BCUT2D eigenvalue weighted by molar-refractivity contribution is -0.139. The average Bonchev–Trinajstić information content (AvgIpc) is 3.06. The third kappa shape index (κ3) is 4.63. The average molecular weight is 408 g/mol. The number of aryl methyl sites for hydroxylation is 1. The van der Waals surface area contributed by atoms with E-state index in [1.807, 2.05) is 18.4 Å². The smallest absolute Gasteiger partial charge is 0.419 e. The fourth-order valence-electron chi connectivity index (χ4n) is 3.31. The Morgan fingerprint density at radius 3 is 2.54 bits per heavy atom. The van der Waals surface area contributed by atoms with Crippen LogP contribution in [0.1, 0.15) is 38.6 Å². The van der Waals surface area contributed by atoms with Crippen LogP contribution in [0.5, 0.6) is 5.75 Å². The number of halogens is 3. The van der Waals surface area contributed by atoms with Crippen LogP contribution in [-0.2, 0) is 6.18 Å². The lowest BCUT2D eigenvalue weighted by Gasteiger charge is -2.19. The van der Waals surface area contributed by atoms with E-state index in [1.165, 1.54) is 17.4 Å². The Balaban J connectivity index is 1.98. The molecule has 0 spiro atoms. The largest absolute Gasteiger partial charge is 0.493 e. The molecule has 1 atom stereocenters. The van der Waals surface area contributed by atoms with Gasteiger partial charge < -0.3 is 4.74 Å². The van der Waals surface area contributed by atoms with E-state index in [-0.39, 0.29) is 18.3 Å². The predicted molar refractivity (Wildman–Crippen MR) is 107 cm³/mol. The molecule has 3 aromatic rings. The Morgan fingerprint density at radius 1 is 1.11 bits per heavy atom. The highest BCUT2D eigenvalue weighted by atomic mass is 32.1. The van der Waals surface area contributed by atoms with Gasteiger partial charge in [0.15, 0.2) is 0 Å². The van der Waals surface area contributed by atoms with Crippen LogP contribution in [0.25, 0.3) is 21.5 Å². The monoisotopic (exact) mass is 408 g/mol. The van der Waals surface area contributed by atoms with Crippen molar-refractivity contribution in [3.8, 4) is 17.0 Å². The van der Waals surface area contributed by atoms with E-state index in [0.29, 0.717) is 23.0 Å². The summed E-state index contributed by atoms with van der Waals surface area (Å²) in [5.41, 5.74) is 0.138. The van der Waals surface area contributed by atoms with E-state index in [4.69, 9.17) is 4.74 Å². The standard InChI is InChI=1S/C21H23F3N2OS/c1-12(2)9-13(3)11-27-18-6-5-15(10-17(18)21(22,23)24)19-16-7-8-28-20(16)26-14(4)25-19/h5-8,10,12-13H,9,11H2,1-4H3. The number of alkyl halides is 3. The first-order chi connectivity index (χ1) is 13.1. The molecule has 0 aliphatic rings. The summed E-state index contributed by atoms with van der Waals surface area (Å²) in [6, 6.07) is 5.99. The molecule has 0 amide bonds. The molecular weight excluding hydrogens is 385 g/mol. The summed E-state index contributed by atoms with van der Waals surface area (Å²) < 4.78 is 46.7. The fraction of sp³-hybridized carbons (Fsp3) is 0.429. The number of hydrogen-bond acceptors (Lipinski definition) is 4. The number of ether oxygens (including phenoxy) is 1. The molecule has 0 fully saturated rings. The SMILES string of the molecule is Cc1nc(-c2ccc(OCC(C)CC(C)C)c(C(F)(F)F)c2)c2ccsc2n1. The summed E-state index contributed by atoms with van der Waals surface area (Å²) in [7, 11) is 0. The van der Waals surface area contributed by atoms with Crippen LogP contribution in [0.2, 0.25) is 0 Å². The van der Waals surface area contributed by atoms with E-state index >= 15 is 0 Å². The number of thiophene rings is 1. The van der Waals surface area contributed by atoms with Gasteiger partial charge in [0.2, 0.25) is 0 Å². The molecule has 2 aromatic heterocycles. The van der Waals surface area contributed by atoms with Crippen LogP contribution in [0.3, 0.4) is 0 Å². The van der Waals surface area contributed by atoms with Crippen LogP contribution >= 0.6 is 11.3 Å². The Kier molecular flexibility index (Phi) is 5.93. The number of nitrogens with zero attached hydrogens (tertiary/aromatic N) is 2. The molecule has 0 radical (unpaired) electrons. The highest BCUT2D eigenvalue weighted by Gasteiger charge is 2.35. The van der Waals surface area contributed by atoms with Gasteiger partial charge in [-0.1, -0.05) is 20.8 Å². The Morgan fingerprint density at radius 2 is 1.86 bits per heavy atom. The molecule has 0 saturated carbocycles. The second-order valence-electron chi connectivity index (χ2n) is 7.51. The number of aromatic nitrogens is 2. The molecule has 3 nitrogen and oxygen atoms in total. The molecule has 3 rings (SSSR count). The minimum atomic E-state index is -4.51. The molecule has 0 aliphatic heterocycles. The number of benzene rings is 1. The predicted octanol–water partition coefficient (Wildman–Crippen LogP) is 6.75. The summed E-state index contributed by atoms with van der Waals surface area (Å²) >= 11 is 1.44. The number of hydrogen-bond donors (Lipinski definition) is 0. The van der Waals surface area contributed by atoms with Gasteiger partial charge in [-0.3, -0.25) is 0 Å². The molecule has 1 aromatic carbocycles. The number of fused-ring (bicyclic) bond motifs is 1. The molecule has 1 unspecified atom stereocenters. The van der Waals surface area contributed by atoms with E-state index in [2.05, 4.69) is 23.8 Å². The van der Waals surface area contributed by atoms with Gasteiger partial charge >= 0.3 is 6.18 Å². The van der Waals surface area contributed by atoms with Crippen molar-refractivity contribution >= 4 is 21.6 Å². The minimum absolute atomic E-state index is 0.140. The number of rotatable bonds is 6. The first-order valence-corrected chi connectivity index (χ1v) is 10.1. The molecule has 0 bridgehead atoms. The Hall–Kier alpha value is -2.15. The van der Waals surface area contributed by atoms with Crippen molar-refractivity contribution in [1.29, 1.82) is 0 Å². The summed E-state index contributed by atoms with van der Waals surface area (Å²) in [5, 5.41) is 2.61. The van der Waals surface area contributed by atoms with Gasteiger partial charge in [-0.25, -0.2) is 9.97 Å². The van der Waals surface area contributed by atoms with Crippen molar-refractivity contribution in [2.24, 2.45) is 11.8 Å². The van der Waals surface area contributed by atoms with Crippen LogP contribution in [0.4, 0.5) is 13.2 Å². The van der Waals surface area contributed by atoms with E-state index in [0.717, 1.165) is 22.7 Å². The Bertz CT molecular complexity index is 966. The molecule has 2 heterocycles. The van der Waals surface area contributed by atoms with Crippen LogP contribution < -0.4 is 4.74 Å². The maximum absolute atomic E-state index is 13.7. The molecule has 0 aliphatic carbocycles. The summed E-state index contributed by atoms with van der Waals surface area (Å²) in [6.45, 7) is 8.14. The minimum Gasteiger partial charge on any atom is -0.493 e. The van der Waals surface area contributed by atoms with Crippen molar-refractivity contribution in [2.45, 2.75) is 40.3 Å². The van der Waals surface area contributed by atoms with Crippen LogP contribution in [0, 0.1) is 18.8 Å². The second-order valence-corrected chi connectivity index (χ2v) is 8.41. The van der Waals surface area contributed by atoms with Gasteiger partial charge in [-0.05, 0) is 54.8 Å². The molecule has 150 valence electrons. The van der Waals surface area contributed by atoms with Gasteiger partial charge in [-0.2, -0.15) is 13.2 Å². The topological polar surface area (TPSA) is 35.0 Å². The van der Waals surface area contributed by atoms with Crippen molar-refractivity contribution in [3.63, 3.8) is 0 Å². The summed E-state index contributed by atoms with van der Waals surface area (Å²) in [4.78, 5) is 9.50. The van der Waals surface area contributed by atoms with Gasteiger partial charge in [0.1, 0.15) is 16.4 Å². The molecule has 0 saturated heterocycles. The first-order valence-electron chi connectivity index (χ1n) is 9.21. The second kappa shape index (κ2) is 8.07. The molecule has 0 N–H and O–H groups in total. The summed E-state index contributed by atoms with van der Waals surface area (Å²) in [6.07, 6.45) is -3.61. The highest BCUT2D eigenvalue weighted by Crippen LogP contribution is 2.40. The van der Waals surface area contributed by atoms with Gasteiger partial charge in [0.05, 0.1) is 17.9 Å². The highest BCUT2D eigenvalue weighted by molar-refractivity contribution is 7.16. The van der Waals surface area contributed by atoms with Crippen molar-refractivity contribution < 1.29 is 17.9 Å². The molecule has 28 heavy (non-hydrogen) atoms. The van der Waals surface area contributed by atoms with Gasteiger partial charge in [0, 0.05) is 10.9 Å². The van der Waals surface area contributed by atoms with Gasteiger partial charge in [-0.15, -0.1) is 11.3 Å². The zero-order chi connectivity index (χ0) is 20.5. The van der Waals surface area contributed by atoms with Crippen LogP contribution in [0.15, 0.2) is 29.6 Å². The van der Waals surface area contributed by atoms with E-state index in [1.54, 1.807) is 13.0 Å². The zero-order valence-electron chi connectivity index (χ0n) is 16.3. The zero-order valence-corrected chi connectivity index (χ0v) is 17.1. The van der Waals surface area contributed by atoms with Crippen molar-refractivity contribution in [3.05, 3.63) is 41.0 Å². The lowest BCUT2D eigenvalue weighted by Crippen LogP contribution is -2.14. The third-order valence-electron chi connectivity index (χ3n) is 4.39. The first kappa shape index (κ1) is 20.6. The molecule has 7 heteroatoms. The lowest BCUT2D eigenvalue weighted by atomic mass is 10.00. The van der Waals surface area contributed by atoms with Crippen molar-refractivity contribution in [1.82, 2.24) is 9.97 Å². The fourth-order valence-corrected chi connectivity index (χ4v) is 4.12. The maximum atomic E-state index is 13.7. The van der Waals surface area contributed by atoms with Gasteiger partial charge in [0.25, 0.3) is 0 Å². The maximum Gasteiger partial charge on any atom is 0.419 e. The van der Waals surface area contributed by atoms with E-state index < -0.39 is 11.7 Å². The van der Waals surface area contributed by atoms with E-state index in [9.17, 15) is 13.2 Å². The quantitative estimate of drug-likeness (QED) is 0.453. The van der Waals surface area contributed by atoms with Crippen LogP contribution in [-0.4, -0.2) is 16.6 Å². The normalized spacial score (nSPS) is 13.3. The Labute approximate surface area is 166 Å². The third-order valence-corrected chi connectivity index (χ3v) is 5.20. The summed E-state index contributed by atoms with van der Waals surface area (Å²) in [5.74, 6) is 1.04.